The summed E-state index contributed by atoms with van der Waals surface area (Å²) in [6, 6.07) is 12.9. The van der Waals surface area contributed by atoms with Crippen molar-refractivity contribution in [3.05, 3.63) is 47.7 Å². The predicted molar refractivity (Wildman–Crippen MR) is 106 cm³/mol. The third kappa shape index (κ3) is 4.39. The van der Waals surface area contributed by atoms with E-state index in [9.17, 15) is 0 Å². The van der Waals surface area contributed by atoms with Crippen LogP contribution in [0.15, 0.2) is 36.4 Å². The fourth-order valence-electron chi connectivity index (χ4n) is 4.01. The summed E-state index contributed by atoms with van der Waals surface area (Å²) in [7, 11) is 0. The first-order valence-electron chi connectivity index (χ1n) is 9.95. The number of hydrogen-bond acceptors (Lipinski definition) is 6. The van der Waals surface area contributed by atoms with Gasteiger partial charge in [-0.2, -0.15) is 4.98 Å². The average Bonchev–Trinajstić information content (AvgIpc) is 3.28. The van der Waals surface area contributed by atoms with Gasteiger partial charge in [-0.05, 0) is 30.7 Å². The second-order valence-corrected chi connectivity index (χ2v) is 7.36. The molecule has 0 unspecified atom stereocenters. The first-order chi connectivity index (χ1) is 13.3. The fraction of sp³-hybridized carbons (Fsp3) is 0.524. The lowest BCUT2D eigenvalue weighted by atomic mass is 9.89. The van der Waals surface area contributed by atoms with E-state index in [2.05, 4.69) is 51.6 Å². The number of anilines is 2. The lowest BCUT2D eigenvalue weighted by Gasteiger charge is -2.33. The highest BCUT2D eigenvalue weighted by Crippen LogP contribution is 2.32. The van der Waals surface area contributed by atoms with E-state index in [0.29, 0.717) is 24.3 Å². The molecule has 0 amide bonds. The Labute approximate surface area is 160 Å². The number of aliphatic hydroxyl groups excluding tert-OH is 1. The zero-order valence-electron chi connectivity index (χ0n) is 15.7. The van der Waals surface area contributed by atoms with Crippen LogP contribution in [0, 0.1) is 0 Å². The van der Waals surface area contributed by atoms with Crippen LogP contribution in [-0.2, 0) is 4.74 Å². The van der Waals surface area contributed by atoms with Crippen LogP contribution in [0.3, 0.4) is 0 Å². The number of aliphatic hydroxyl groups is 1. The van der Waals surface area contributed by atoms with E-state index >= 15 is 0 Å². The van der Waals surface area contributed by atoms with E-state index in [0.717, 1.165) is 57.1 Å². The minimum atomic E-state index is 0.0674. The summed E-state index contributed by atoms with van der Waals surface area (Å²) >= 11 is 0. The van der Waals surface area contributed by atoms with Gasteiger partial charge in [0.1, 0.15) is 5.82 Å². The number of hydrogen-bond donors (Lipinski definition) is 2. The van der Waals surface area contributed by atoms with Crippen molar-refractivity contribution in [3.8, 4) is 0 Å². The van der Waals surface area contributed by atoms with Gasteiger partial charge in [-0.15, -0.1) is 0 Å². The molecule has 3 heterocycles. The number of aromatic nitrogens is 2. The molecule has 27 heavy (non-hydrogen) atoms. The van der Waals surface area contributed by atoms with Crippen molar-refractivity contribution in [3.63, 3.8) is 0 Å². The molecule has 0 spiro atoms. The Kier molecular flexibility index (Phi) is 5.84. The van der Waals surface area contributed by atoms with Crippen LogP contribution in [0.25, 0.3) is 0 Å². The van der Waals surface area contributed by atoms with Crippen molar-refractivity contribution in [1.29, 1.82) is 0 Å². The molecule has 6 nitrogen and oxygen atoms in total. The van der Waals surface area contributed by atoms with E-state index in [1.54, 1.807) is 0 Å². The van der Waals surface area contributed by atoms with E-state index in [1.165, 1.54) is 5.56 Å². The van der Waals surface area contributed by atoms with Gasteiger partial charge in [-0.3, -0.25) is 0 Å². The third-order valence-corrected chi connectivity index (χ3v) is 5.57. The van der Waals surface area contributed by atoms with Gasteiger partial charge < -0.3 is 20.1 Å². The highest BCUT2D eigenvalue weighted by atomic mass is 16.5. The molecule has 144 valence electrons. The number of rotatable bonds is 6. The Morgan fingerprint density at radius 3 is 2.59 bits per heavy atom. The molecule has 4 rings (SSSR count). The van der Waals surface area contributed by atoms with Gasteiger partial charge in [0.25, 0.3) is 0 Å². The third-order valence-electron chi connectivity index (χ3n) is 5.57. The van der Waals surface area contributed by atoms with Crippen LogP contribution in [0.2, 0.25) is 0 Å². The molecule has 2 aliphatic heterocycles. The fourth-order valence-corrected chi connectivity index (χ4v) is 4.01. The highest BCUT2D eigenvalue weighted by Gasteiger charge is 2.25. The van der Waals surface area contributed by atoms with E-state index in [4.69, 9.17) is 14.8 Å². The summed E-state index contributed by atoms with van der Waals surface area (Å²) in [5.41, 5.74) is 2.48. The molecule has 2 N–H and O–H groups in total. The van der Waals surface area contributed by atoms with Gasteiger partial charge >= 0.3 is 0 Å². The summed E-state index contributed by atoms with van der Waals surface area (Å²) in [4.78, 5) is 11.8. The molecule has 6 heteroatoms. The van der Waals surface area contributed by atoms with Crippen molar-refractivity contribution in [2.45, 2.75) is 31.1 Å². The van der Waals surface area contributed by atoms with Gasteiger partial charge in [-0.1, -0.05) is 30.3 Å². The maximum absolute atomic E-state index is 9.12. The minimum absolute atomic E-state index is 0.0674. The van der Waals surface area contributed by atoms with Crippen molar-refractivity contribution in [1.82, 2.24) is 9.97 Å². The van der Waals surface area contributed by atoms with Crippen LogP contribution in [0.5, 0.6) is 0 Å². The first-order valence-corrected chi connectivity index (χ1v) is 9.95. The van der Waals surface area contributed by atoms with Crippen LogP contribution in [0.1, 0.15) is 42.4 Å². The number of nitrogens with zero attached hydrogens (tertiary/aromatic N) is 3. The van der Waals surface area contributed by atoms with Crippen LogP contribution < -0.4 is 10.2 Å². The van der Waals surface area contributed by atoms with Crippen LogP contribution in [-0.4, -0.2) is 54.5 Å². The molecule has 0 radical (unpaired) electrons. The highest BCUT2D eigenvalue weighted by molar-refractivity contribution is 5.46. The summed E-state index contributed by atoms with van der Waals surface area (Å²) in [5.74, 6) is 2.55. The summed E-state index contributed by atoms with van der Waals surface area (Å²) in [5, 5.41) is 12.2. The Hall–Kier alpha value is -2.18. The number of benzene rings is 1. The van der Waals surface area contributed by atoms with Gasteiger partial charge in [0.15, 0.2) is 0 Å². The molecule has 2 saturated heterocycles. The largest absolute Gasteiger partial charge is 0.395 e. The van der Waals surface area contributed by atoms with E-state index in [1.807, 2.05) is 0 Å². The molecule has 1 aromatic carbocycles. The average molecular weight is 368 g/mol. The topological polar surface area (TPSA) is 70.5 Å². The molecule has 2 aliphatic rings. The van der Waals surface area contributed by atoms with E-state index in [-0.39, 0.29) is 6.61 Å². The number of piperidine rings is 1. The molecular weight excluding hydrogens is 340 g/mol. The molecular formula is C21H28N4O2. The first kappa shape index (κ1) is 18.2. The zero-order valence-corrected chi connectivity index (χ0v) is 15.7. The van der Waals surface area contributed by atoms with Gasteiger partial charge in [0.05, 0.1) is 18.9 Å². The molecule has 0 aliphatic carbocycles. The Bertz CT molecular complexity index is 726. The maximum atomic E-state index is 9.12. The molecule has 0 bridgehead atoms. The van der Waals surface area contributed by atoms with Crippen LogP contribution in [0.4, 0.5) is 11.8 Å². The minimum Gasteiger partial charge on any atom is -0.395 e. The monoisotopic (exact) mass is 368 g/mol. The van der Waals surface area contributed by atoms with E-state index < -0.39 is 0 Å². The molecule has 1 aromatic heterocycles. The lowest BCUT2D eigenvalue weighted by molar-refractivity contribution is 0.193. The van der Waals surface area contributed by atoms with Crippen LogP contribution >= 0.6 is 0 Å². The maximum Gasteiger partial charge on any atom is 0.224 e. The summed E-state index contributed by atoms with van der Waals surface area (Å²) in [6.45, 7) is 4.04. The van der Waals surface area contributed by atoms with Crippen molar-refractivity contribution in [2.24, 2.45) is 0 Å². The second kappa shape index (κ2) is 8.67. The summed E-state index contributed by atoms with van der Waals surface area (Å²) < 4.78 is 5.55. The molecule has 2 aromatic rings. The van der Waals surface area contributed by atoms with Crippen molar-refractivity contribution >= 4 is 11.8 Å². The predicted octanol–water partition coefficient (Wildman–Crippen LogP) is 2.77. The number of nitrogens with one attached hydrogen (secondary N) is 1. The Morgan fingerprint density at radius 2 is 1.89 bits per heavy atom. The van der Waals surface area contributed by atoms with Crippen molar-refractivity contribution in [2.75, 3.05) is 49.7 Å². The Morgan fingerprint density at radius 1 is 1.07 bits per heavy atom. The smallest absolute Gasteiger partial charge is 0.224 e. The number of ether oxygens (including phenoxy) is 1. The molecule has 2 fully saturated rings. The van der Waals surface area contributed by atoms with Gasteiger partial charge in [0.2, 0.25) is 5.95 Å². The molecule has 0 saturated carbocycles. The quantitative estimate of drug-likeness (QED) is 0.817. The zero-order chi connectivity index (χ0) is 18.5. The van der Waals surface area contributed by atoms with Gasteiger partial charge in [0, 0.05) is 38.2 Å². The standard InChI is InChI=1S/C21H28N4O2/c26-12-9-22-21-23-19(18-8-13-27-15-18)14-20(24-21)25-10-6-17(7-11-25)16-4-2-1-3-5-16/h1-5,14,17-18,26H,6-13,15H2,(H,22,23,24)/t18-/m1/s1. The lowest BCUT2D eigenvalue weighted by Crippen LogP contribution is -2.34. The second-order valence-electron chi connectivity index (χ2n) is 7.36. The normalized spacial score (nSPS) is 20.8. The van der Waals surface area contributed by atoms with Gasteiger partial charge in [-0.25, -0.2) is 4.98 Å². The summed E-state index contributed by atoms with van der Waals surface area (Å²) in [6.07, 6.45) is 3.27. The Balaban J connectivity index is 1.49. The van der Waals surface area contributed by atoms with Crippen molar-refractivity contribution < 1.29 is 9.84 Å². The molecule has 1 atom stereocenters. The SMILES string of the molecule is OCCNc1nc([C@@H]2CCOC2)cc(N2CCC(c3ccccc3)CC2)n1.